The van der Waals surface area contributed by atoms with Gasteiger partial charge in [-0.05, 0) is 42.5 Å². The SMILES string of the molecule is COC(=O)Cn1c(=NC(=O)Cc2cccs2)sc2c(C)cc(C)cc21. The molecule has 3 aromatic rings. The number of benzene rings is 1. The Morgan fingerprint density at radius 3 is 2.76 bits per heavy atom. The Morgan fingerprint density at radius 1 is 1.28 bits per heavy atom. The van der Waals surface area contributed by atoms with Gasteiger partial charge in [-0.25, -0.2) is 0 Å². The summed E-state index contributed by atoms with van der Waals surface area (Å²) in [7, 11) is 1.35. The molecule has 0 saturated carbocycles. The molecule has 7 heteroatoms. The summed E-state index contributed by atoms with van der Waals surface area (Å²) in [6.07, 6.45) is 0.266. The van der Waals surface area contributed by atoms with Gasteiger partial charge in [-0.1, -0.05) is 23.5 Å². The second-order valence-electron chi connectivity index (χ2n) is 5.74. The van der Waals surface area contributed by atoms with Gasteiger partial charge in [0.25, 0.3) is 5.91 Å². The number of carbonyl (C=O) groups is 2. The van der Waals surface area contributed by atoms with E-state index in [1.807, 2.05) is 37.4 Å². The van der Waals surface area contributed by atoms with Crippen LogP contribution in [0, 0.1) is 13.8 Å². The van der Waals surface area contributed by atoms with Crippen molar-refractivity contribution < 1.29 is 14.3 Å². The highest BCUT2D eigenvalue weighted by Gasteiger charge is 2.14. The molecule has 0 unspecified atom stereocenters. The van der Waals surface area contributed by atoms with E-state index >= 15 is 0 Å². The lowest BCUT2D eigenvalue weighted by atomic mass is 10.1. The number of esters is 1. The lowest BCUT2D eigenvalue weighted by Gasteiger charge is -2.05. The Hall–Kier alpha value is -2.25. The Labute approximate surface area is 153 Å². The molecule has 0 aliphatic rings. The van der Waals surface area contributed by atoms with Crippen molar-refractivity contribution in [3.8, 4) is 0 Å². The zero-order valence-corrected chi connectivity index (χ0v) is 15.9. The summed E-state index contributed by atoms with van der Waals surface area (Å²) in [5.74, 6) is -0.590. The second-order valence-corrected chi connectivity index (χ2v) is 7.75. The largest absolute Gasteiger partial charge is 0.468 e. The molecule has 1 aromatic carbocycles. The highest BCUT2D eigenvalue weighted by atomic mass is 32.1. The number of hydrogen-bond acceptors (Lipinski definition) is 5. The van der Waals surface area contributed by atoms with Crippen LogP contribution in [0.4, 0.5) is 0 Å². The summed E-state index contributed by atoms with van der Waals surface area (Å²) in [4.78, 5) is 29.9. The highest BCUT2D eigenvalue weighted by molar-refractivity contribution is 7.16. The molecule has 2 aromatic heterocycles. The first-order valence-electron chi connectivity index (χ1n) is 7.75. The maximum Gasteiger partial charge on any atom is 0.325 e. The van der Waals surface area contributed by atoms with Gasteiger partial charge in [0.15, 0.2) is 4.80 Å². The number of aromatic nitrogens is 1. The van der Waals surface area contributed by atoms with E-state index in [4.69, 9.17) is 4.74 Å². The molecule has 3 rings (SSSR count). The van der Waals surface area contributed by atoms with Gasteiger partial charge in [0.2, 0.25) is 0 Å². The van der Waals surface area contributed by atoms with Gasteiger partial charge in [0, 0.05) is 4.88 Å². The number of nitrogens with zero attached hydrogens (tertiary/aromatic N) is 2. The van der Waals surface area contributed by atoms with E-state index in [1.165, 1.54) is 29.8 Å². The quantitative estimate of drug-likeness (QED) is 0.659. The van der Waals surface area contributed by atoms with Crippen molar-refractivity contribution in [2.45, 2.75) is 26.8 Å². The number of fused-ring (bicyclic) bond motifs is 1. The monoisotopic (exact) mass is 374 g/mol. The first kappa shape index (κ1) is 17.6. The molecule has 2 heterocycles. The zero-order chi connectivity index (χ0) is 18.0. The number of thiazole rings is 1. The van der Waals surface area contributed by atoms with Gasteiger partial charge in [0.05, 0.1) is 23.7 Å². The number of ether oxygens (including phenoxy) is 1. The second kappa shape index (κ2) is 7.33. The maximum atomic E-state index is 12.3. The number of carbonyl (C=O) groups excluding carboxylic acids is 2. The van der Waals surface area contributed by atoms with E-state index in [9.17, 15) is 9.59 Å². The number of aryl methyl sites for hydroxylation is 2. The fourth-order valence-corrected chi connectivity index (χ4v) is 4.45. The van der Waals surface area contributed by atoms with Crippen LogP contribution in [-0.2, 0) is 27.3 Å². The zero-order valence-electron chi connectivity index (χ0n) is 14.2. The minimum absolute atomic E-state index is 0.0323. The molecule has 0 radical (unpaired) electrons. The van der Waals surface area contributed by atoms with Crippen molar-refractivity contribution in [2.75, 3.05) is 7.11 Å². The smallest absolute Gasteiger partial charge is 0.325 e. The van der Waals surface area contributed by atoms with Gasteiger partial charge < -0.3 is 9.30 Å². The van der Waals surface area contributed by atoms with Crippen LogP contribution < -0.4 is 4.80 Å². The van der Waals surface area contributed by atoms with E-state index < -0.39 is 0 Å². The molecular weight excluding hydrogens is 356 g/mol. The predicted molar refractivity (Wildman–Crippen MR) is 99.9 cm³/mol. The average Bonchev–Trinajstić information content (AvgIpc) is 3.17. The third-order valence-electron chi connectivity index (χ3n) is 3.76. The van der Waals surface area contributed by atoms with Gasteiger partial charge in [-0.2, -0.15) is 4.99 Å². The molecular formula is C18H18N2O3S2. The predicted octanol–water partition coefficient (Wildman–Crippen LogP) is 3.22. The van der Waals surface area contributed by atoms with Crippen LogP contribution in [0.3, 0.4) is 0 Å². The van der Waals surface area contributed by atoms with Gasteiger partial charge in [-0.15, -0.1) is 11.3 Å². The Morgan fingerprint density at radius 2 is 2.08 bits per heavy atom. The molecule has 0 saturated heterocycles. The molecule has 0 aliphatic carbocycles. The number of methoxy groups -OCH3 is 1. The summed E-state index contributed by atoms with van der Waals surface area (Å²) < 4.78 is 7.59. The van der Waals surface area contributed by atoms with Crippen molar-refractivity contribution in [3.05, 3.63) is 50.5 Å². The van der Waals surface area contributed by atoms with Crippen LogP contribution in [0.2, 0.25) is 0 Å². The van der Waals surface area contributed by atoms with Crippen molar-refractivity contribution in [2.24, 2.45) is 4.99 Å². The minimum Gasteiger partial charge on any atom is -0.468 e. The molecule has 1 amide bonds. The third-order valence-corrected chi connectivity index (χ3v) is 5.86. The fourth-order valence-electron chi connectivity index (χ4n) is 2.65. The van der Waals surface area contributed by atoms with Crippen molar-refractivity contribution >= 4 is 44.8 Å². The Balaban J connectivity index is 2.10. The molecule has 0 N–H and O–H groups in total. The van der Waals surface area contributed by atoms with Crippen LogP contribution in [0.15, 0.2) is 34.6 Å². The summed E-state index contributed by atoms with van der Waals surface area (Å²) >= 11 is 2.96. The normalized spacial score (nSPS) is 11.9. The third kappa shape index (κ3) is 3.88. The molecule has 25 heavy (non-hydrogen) atoms. The Kier molecular flexibility index (Phi) is 5.15. The van der Waals surface area contributed by atoms with E-state index in [2.05, 4.69) is 11.1 Å². The highest BCUT2D eigenvalue weighted by Crippen LogP contribution is 2.23. The molecule has 0 atom stereocenters. The fraction of sp³-hybridized carbons (Fsp3) is 0.278. The van der Waals surface area contributed by atoms with E-state index in [-0.39, 0.29) is 24.8 Å². The summed E-state index contributed by atoms with van der Waals surface area (Å²) in [5, 5.41) is 1.94. The molecule has 0 fully saturated rings. The summed E-state index contributed by atoms with van der Waals surface area (Å²) in [6, 6.07) is 7.92. The first-order chi connectivity index (χ1) is 12.0. The van der Waals surface area contributed by atoms with E-state index in [1.54, 1.807) is 4.57 Å². The van der Waals surface area contributed by atoms with Crippen LogP contribution in [0.25, 0.3) is 10.2 Å². The first-order valence-corrected chi connectivity index (χ1v) is 9.45. The molecule has 0 spiro atoms. The Bertz CT molecular complexity index is 997. The molecule has 5 nitrogen and oxygen atoms in total. The topological polar surface area (TPSA) is 60.7 Å². The van der Waals surface area contributed by atoms with Crippen LogP contribution in [-0.4, -0.2) is 23.6 Å². The molecule has 130 valence electrons. The van der Waals surface area contributed by atoms with Crippen molar-refractivity contribution in [1.29, 1.82) is 0 Å². The average molecular weight is 374 g/mol. The van der Waals surface area contributed by atoms with Crippen LogP contribution >= 0.6 is 22.7 Å². The van der Waals surface area contributed by atoms with Gasteiger partial charge in [-0.3, -0.25) is 9.59 Å². The molecule has 0 bridgehead atoms. The van der Waals surface area contributed by atoms with Crippen LogP contribution in [0.1, 0.15) is 16.0 Å². The number of rotatable bonds is 4. The van der Waals surface area contributed by atoms with E-state index in [0.29, 0.717) is 4.80 Å². The number of amides is 1. The van der Waals surface area contributed by atoms with Crippen molar-refractivity contribution in [1.82, 2.24) is 4.57 Å². The minimum atomic E-state index is -0.369. The lowest BCUT2D eigenvalue weighted by molar-refractivity contribution is -0.141. The van der Waals surface area contributed by atoms with E-state index in [0.717, 1.165) is 26.2 Å². The number of thiophene rings is 1. The number of hydrogen-bond donors (Lipinski definition) is 0. The van der Waals surface area contributed by atoms with Gasteiger partial charge in [0.1, 0.15) is 6.54 Å². The van der Waals surface area contributed by atoms with Gasteiger partial charge >= 0.3 is 5.97 Å². The molecule has 0 aliphatic heterocycles. The standard InChI is InChI=1S/C18H18N2O3S2/c1-11-7-12(2)17-14(8-11)20(10-16(22)23-3)18(25-17)19-15(21)9-13-5-4-6-24-13/h4-8H,9-10H2,1-3H3. The summed E-state index contributed by atoms with van der Waals surface area (Å²) in [6.45, 7) is 4.06. The summed E-state index contributed by atoms with van der Waals surface area (Å²) in [5.41, 5.74) is 3.10. The maximum absolute atomic E-state index is 12.3. The van der Waals surface area contributed by atoms with Crippen LogP contribution in [0.5, 0.6) is 0 Å². The van der Waals surface area contributed by atoms with Crippen molar-refractivity contribution in [3.63, 3.8) is 0 Å². The lowest BCUT2D eigenvalue weighted by Crippen LogP contribution is -2.22.